The first-order valence-electron chi connectivity index (χ1n) is 7.93. The predicted octanol–water partition coefficient (Wildman–Crippen LogP) is 2.60. The van der Waals surface area contributed by atoms with Crippen molar-refractivity contribution in [1.82, 2.24) is 4.90 Å². The number of nitrogens with one attached hydrogen (secondary N) is 1. The summed E-state index contributed by atoms with van der Waals surface area (Å²) < 4.78 is 5.52. The van der Waals surface area contributed by atoms with E-state index in [9.17, 15) is 9.59 Å². The number of carbonyl (C=O) groups excluding carboxylic acids is 2. The maximum atomic E-state index is 12.4. The molecule has 2 rings (SSSR count). The summed E-state index contributed by atoms with van der Waals surface area (Å²) in [5.74, 6) is 0.622. The van der Waals surface area contributed by atoms with E-state index in [0.29, 0.717) is 17.9 Å². The van der Waals surface area contributed by atoms with Crippen molar-refractivity contribution < 1.29 is 14.3 Å². The quantitative estimate of drug-likeness (QED) is 0.879. The monoisotopic (exact) mass is 304 g/mol. The summed E-state index contributed by atoms with van der Waals surface area (Å²) in [5.41, 5.74) is 1.53. The molecule has 0 aliphatic carbocycles. The molecule has 2 amide bonds. The molecule has 5 heteroatoms. The average molecular weight is 304 g/mol. The van der Waals surface area contributed by atoms with Crippen LogP contribution in [-0.4, -0.2) is 35.9 Å². The molecule has 1 aromatic carbocycles. The Balaban J connectivity index is 2.09. The van der Waals surface area contributed by atoms with Crippen LogP contribution in [0.1, 0.15) is 39.2 Å². The van der Waals surface area contributed by atoms with Crippen LogP contribution in [-0.2, 0) is 16.0 Å². The molecule has 0 saturated carbocycles. The number of fused-ring (bicyclic) bond motifs is 1. The van der Waals surface area contributed by atoms with Crippen LogP contribution in [0.25, 0.3) is 0 Å². The minimum Gasteiger partial charge on any atom is -0.479 e. The standard InChI is InChI=1S/C17H24N2O3/c1-4-8-19(9-5-2)16(20)11-13-6-7-15-14(10-13)18-17(21)12(3)22-15/h6-7,10,12H,4-5,8-9,11H2,1-3H3,(H,18,21). The smallest absolute Gasteiger partial charge is 0.265 e. The zero-order valence-electron chi connectivity index (χ0n) is 13.5. The van der Waals surface area contributed by atoms with Gasteiger partial charge in [0.2, 0.25) is 5.91 Å². The van der Waals surface area contributed by atoms with E-state index in [1.807, 2.05) is 23.1 Å². The highest BCUT2D eigenvalue weighted by atomic mass is 16.5. The average Bonchev–Trinajstić information content (AvgIpc) is 2.48. The Morgan fingerprint density at radius 1 is 1.27 bits per heavy atom. The molecule has 1 heterocycles. The van der Waals surface area contributed by atoms with Gasteiger partial charge in [-0.15, -0.1) is 0 Å². The fourth-order valence-corrected chi connectivity index (χ4v) is 2.55. The topological polar surface area (TPSA) is 58.6 Å². The second kappa shape index (κ2) is 7.29. The lowest BCUT2D eigenvalue weighted by Gasteiger charge is -2.24. The van der Waals surface area contributed by atoms with Crippen LogP contribution in [0.5, 0.6) is 5.75 Å². The van der Waals surface area contributed by atoms with E-state index >= 15 is 0 Å². The SMILES string of the molecule is CCCN(CCC)C(=O)Cc1ccc2c(c1)NC(=O)C(C)O2. The van der Waals surface area contributed by atoms with Gasteiger partial charge in [-0.25, -0.2) is 0 Å². The Morgan fingerprint density at radius 3 is 2.59 bits per heavy atom. The highest BCUT2D eigenvalue weighted by Crippen LogP contribution is 2.30. The summed E-state index contributed by atoms with van der Waals surface area (Å²) in [6, 6.07) is 5.53. The van der Waals surface area contributed by atoms with Gasteiger partial charge >= 0.3 is 0 Å². The Bertz CT molecular complexity index is 551. The Kier molecular flexibility index (Phi) is 5.41. The van der Waals surface area contributed by atoms with Crippen LogP contribution in [0.2, 0.25) is 0 Å². The predicted molar refractivity (Wildman–Crippen MR) is 86.0 cm³/mol. The minimum absolute atomic E-state index is 0.125. The summed E-state index contributed by atoms with van der Waals surface area (Å²) in [6.45, 7) is 7.43. The van der Waals surface area contributed by atoms with Crippen molar-refractivity contribution in [2.24, 2.45) is 0 Å². The van der Waals surface area contributed by atoms with Crippen molar-refractivity contribution in [2.45, 2.75) is 46.1 Å². The van der Waals surface area contributed by atoms with E-state index in [0.717, 1.165) is 31.5 Å². The Morgan fingerprint density at radius 2 is 1.95 bits per heavy atom. The lowest BCUT2D eigenvalue weighted by molar-refractivity contribution is -0.130. The fraction of sp³-hybridized carbons (Fsp3) is 0.529. The van der Waals surface area contributed by atoms with E-state index in [2.05, 4.69) is 19.2 Å². The summed E-state index contributed by atoms with van der Waals surface area (Å²) in [7, 11) is 0. The van der Waals surface area contributed by atoms with Gasteiger partial charge in [0, 0.05) is 13.1 Å². The van der Waals surface area contributed by atoms with Crippen LogP contribution < -0.4 is 10.1 Å². The van der Waals surface area contributed by atoms with Gasteiger partial charge in [0.25, 0.3) is 5.91 Å². The van der Waals surface area contributed by atoms with Crippen LogP contribution in [0.15, 0.2) is 18.2 Å². The van der Waals surface area contributed by atoms with Gasteiger partial charge < -0.3 is 15.0 Å². The van der Waals surface area contributed by atoms with Crippen molar-refractivity contribution in [3.63, 3.8) is 0 Å². The third-order valence-corrected chi connectivity index (χ3v) is 3.67. The molecule has 5 nitrogen and oxygen atoms in total. The van der Waals surface area contributed by atoms with Crippen LogP contribution in [0.3, 0.4) is 0 Å². The zero-order chi connectivity index (χ0) is 16.1. The van der Waals surface area contributed by atoms with Gasteiger partial charge in [-0.1, -0.05) is 19.9 Å². The summed E-state index contributed by atoms with van der Waals surface area (Å²) >= 11 is 0. The molecule has 1 aliphatic rings. The number of benzene rings is 1. The highest BCUT2D eigenvalue weighted by molar-refractivity contribution is 5.97. The third kappa shape index (κ3) is 3.78. The third-order valence-electron chi connectivity index (χ3n) is 3.67. The molecule has 1 unspecified atom stereocenters. The molecular formula is C17H24N2O3. The van der Waals surface area contributed by atoms with E-state index in [4.69, 9.17) is 4.74 Å². The van der Waals surface area contributed by atoms with Gasteiger partial charge in [0.15, 0.2) is 6.10 Å². The second-order valence-electron chi connectivity index (χ2n) is 5.64. The first-order chi connectivity index (χ1) is 10.5. The largest absolute Gasteiger partial charge is 0.479 e. The molecule has 0 saturated heterocycles. The van der Waals surface area contributed by atoms with E-state index in [1.165, 1.54) is 0 Å². The number of hydrogen-bond donors (Lipinski definition) is 1. The lowest BCUT2D eigenvalue weighted by Crippen LogP contribution is -2.35. The van der Waals surface area contributed by atoms with Crippen molar-refractivity contribution in [3.05, 3.63) is 23.8 Å². The van der Waals surface area contributed by atoms with Crippen molar-refractivity contribution in [1.29, 1.82) is 0 Å². The summed E-state index contributed by atoms with van der Waals surface area (Å²) in [6.07, 6.45) is 1.78. The number of amides is 2. The maximum absolute atomic E-state index is 12.4. The molecule has 0 aromatic heterocycles. The molecule has 1 aliphatic heterocycles. The van der Waals surface area contributed by atoms with Crippen molar-refractivity contribution >= 4 is 17.5 Å². The van der Waals surface area contributed by atoms with Gasteiger partial charge in [-0.2, -0.15) is 0 Å². The number of ether oxygens (including phenoxy) is 1. The molecule has 0 fully saturated rings. The maximum Gasteiger partial charge on any atom is 0.265 e. The molecule has 1 N–H and O–H groups in total. The van der Waals surface area contributed by atoms with Gasteiger partial charge in [-0.3, -0.25) is 9.59 Å². The minimum atomic E-state index is -0.482. The summed E-state index contributed by atoms with van der Waals surface area (Å²) in [5, 5.41) is 2.81. The molecule has 22 heavy (non-hydrogen) atoms. The van der Waals surface area contributed by atoms with Crippen LogP contribution in [0, 0.1) is 0 Å². The van der Waals surface area contributed by atoms with Crippen molar-refractivity contribution in [2.75, 3.05) is 18.4 Å². The number of anilines is 1. The summed E-state index contributed by atoms with van der Waals surface area (Å²) in [4.78, 5) is 25.9. The van der Waals surface area contributed by atoms with Crippen molar-refractivity contribution in [3.8, 4) is 5.75 Å². The Labute approximate surface area is 131 Å². The Hall–Kier alpha value is -2.04. The first kappa shape index (κ1) is 16.3. The molecule has 1 aromatic rings. The molecule has 0 spiro atoms. The van der Waals surface area contributed by atoms with Gasteiger partial charge in [0.05, 0.1) is 12.1 Å². The van der Waals surface area contributed by atoms with E-state index in [-0.39, 0.29) is 11.8 Å². The molecule has 1 atom stereocenters. The molecule has 0 bridgehead atoms. The number of hydrogen-bond acceptors (Lipinski definition) is 3. The first-order valence-corrected chi connectivity index (χ1v) is 7.93. The highest BCUT2D eigenvalue weighted by Gasteiger charge is 2.24. The van der Waals surface area contributed by atoms with E-state index < -0.39 is 6.10 Å². The molecular weight excluding hydrogens is 280 g/mol. The fourth-order valence-electron chi connectivity index (χ4n) is 2.55. The van der Waals surface area contributed by atoms with Crippen LogP contribution in [0.4, 0.5) is 5.69 Å². The molecule has 0 radical (unpaired) electrons. The lowest BCUT2D eigenvalue weighted by atomic mass is 10.1. The number of nitrogens with zero attached hydrogens (tertiary/aromatic N) is 1. The van der Waals surface area contributed by atoms with Crippen LogP contribution >= 0.6 is 0 Å². The van der Waals surface area contributed by atoms with Gasteiger partial charge in [0.1, 0.15) is 5.75 Å². The molecule has 120 valence electrons. The normalized spacial score (nSPS) is 16.5. The number of carbonyl (C=O) groups is 2. The van der Waals surface area contributed by atoms with E-state index in [1.54, 1.807) is 6.92 Å². The van der Waals surface area contributed by atoms with Gasteiger partial charge in [-0.05, 0) is 37.5 Å². The second-order valence-corrected chi connectivity index (χ2v) is 5.64. The zero-order valence-corrected chi connectivity index (χ0v) is 13.5. The number of rotatable bonds is 6.